The van der Waals surface area contributed by atoms with Crippen LogP contribution in [0.25, 0.3) is 22.0 Å². The van der Waals surface area contributed by atoms with E-state index in [-0.39, 0.29) is 5.56 Å². The van der Waals surface area contributed by atoms with Gasteiger partial charge in [-0.2, -0.15) is 0 Å². The van der Waals surface area contributed by atoms with E-state index < -0.39 is 0 Å². The monoisotopic (exact) mass is 395 g/mol. The Morgan fingerprint density at radius 1 is 0.867 bits per heavy atom. The van der Waals surface area contributed by atoms with E-state index in [0.717, 1.165) is 48.6 Å². The molecule has 0 bridgehead atoms. The van der Waals surface area contributed by atoms with Crippen LogP contribution in [0.2, 0.25) is 0 Å². The Kier molecular flexibility index (Phi) is 5.16. The second-order valence-electron chi connectivity index (χ2n) is 8.00. The van der Waals surface area contributed by atoms with Crippen molar-refractivity contribution in [3.8, 4) is 11.3 Å². The van der Waals surface area contributed by atoms with Crippen molar-refractivity contribution < 1.29 is 0 Å². The van der Waals surface area contributed by atoms with Crippen molar-refractivity contribution in [1.82, 2.24) is 14.9 Å². The van der Waals surface area contributed by atoms with Crippen LogP contribution in [0.3, 0.4) is 0 Å². The fraction of sp³-hybridized carbons (Fsp3) is 0.231. The normalized spacial score (nSPS) is 14.8. The van der Waals surface area contributed by atoms with Crippen LogP contribution in [0.4, 0.5) is 0 Å². The van der Waals surface area contributed by atoms with Gasteiger partial charge in [-0.05, 0) is 48.3 Å². The highest BCUT2D eigenvalue weighted by Gasteiger charge is 2.22. The highest BCUT2D eigenvalue weighted by molar-refractivity contribution is 5.83. The molecule has 1 aliphatic heterocycles. The first-order chi connectivity index (χ1) is 14.8. The molecule has 5 rings (SSSR count). The van der Waals surface area contributed by atoms with Gasteiger partial charge in [0.1, 0.15) is 5.82 Å². The SMILES string of the molecule is O=c1cc(-c2ccccc2)nc(C2CCNCC2)n1Cc1ccc2ccccc2c1. The summed E-state index contributed by atoms with van der Waals surface area (Å²) in [5.74, 6) is 1.21. The van der Waals surface area contributed by atoms with Crippen LogP contribution >= 0.6 is 0 Å². The van der Waals surface area contributed by atoms with Crippen LogP contribution in [0.5, 0.6) is 0 Å². The number of rotatable bonds is 4. The molecule has 0 spiro atoms. The number of fused-ring (bicyclic) bond motifs is 1. The molecular weight excluding hydrogens is 370 g/mol. The summed E-state index contributed by atoms with van der Waals surface area (Å²) < 4.78 is 1.88. The molecule has 1 N–H and O–H groups in total. The van der Waals surface area contributed by atoms with Gasteiger partial charge < -0.3 is 5.32 Å². The Bertz CT molecular complexity index is 1220. The summed E-state index contributed by atoms with van der Waals surface area (Å²) in [6.45, 7) is 2.48. The van der Waals surface area contributed by atoms with Gasteiger partial charge in [0, 0.05) is 17.5 Å². The van der Waals surface area contributed by atoms with Gasteiger partial charge in [-0.1, -0.05) is 66.7 Å². The fourth-order valence-corrected chi connectivity index (χ4v) is 4.35. The Labute approximate surface area is 176 Å². The lowest BCUT2D eigenvalue weighted by molar-refractivity contribution is 0.427. The van der Waals surface area contributed by atoms with Gasteiger partial charge in [0.2, 0.25) is 0 Å². The predicted molar refractivity (Wildman–Crippen MR) is 122 cm³/mol. The summed E-state index contributed by atoms with van der Waals surface area (Å²) in [6, 6.07) is 26.4. The van der Waals surface area contributed by atoms with Gasteiger partial charge in [-0.3, -0.25) is 9.36 Å². The second-order valence-corrected chi connectivity index (χ2v) is 8.00. The Morgan fingerprint density at radius 2 is 1.60 bits per heavy atom. The van der Waals surface area contributed by atoms with Crippen molar-refractivity contribution in [2.75, 3.05) is 13.1 Å². The topological polar surface area (TPSA) is 46.9 Å². The molecule has 0 saturated carbocycles. The lowest BCUT2D eigenvalue weighted by atomic mass is 9.96. The molecule has 4 aromatic rings. The molecule has 4 heteroatoms. The molecule has 4 nitrogen and oxygen atoms in total. The Morgan fingerprint density at radius 3 is 2.40 bits per heavy atom. The van der Waals surface area contributed by atoms with E-state index in [1.54, 1.807) is 6.07 Å². The molecule has 0 aliphatic carbocycles. The van der Waals surface area contributed by atoms with E-state index in [2.05, 4.69) is 41.7 Å². The first kappa shape index (κ1) is 18.8. The van der Waals surface area contributed by atoms with Crippen molar-refractivity contribution in [1.29, 1.82) is 0 Å². The van der Waals surface area contributed by atoms with Gasteiger partial charge in [0.15, 0.2) is 0 Å². The third-order valence-electron chi connectivity index (χ3n) is 5.97. The lowest BCUT2D eigenvalue weighted by Gasteiger charge is -2.25. The summed E-state index contributed by atoms with van der Waals surface area (Å²) in [7, 11) is 0. The maximum atomic E-state index is 13.3. The van der Waals surface area contributed by atoms with E-state index >= 15 is 0 Å². The number of benzene rings is 3. The first-order valence-electron chi connectivity index (χ1n) is 10.6. The number of nitrogens with one attached hydrogen (secondary N) is 1. The highest BCUT2D eigenvalue weighted by atomic mass is 16.1. The lowest BCUT2D eigenvalue weighted by Crippen LogP contribution is -2.32. The third-order valence-corrected chi connectivity index (χ3v) is 5.97. The first-order valence-corrected chi connectivity index (χ1v) is 10.6. The molecule has 0 amide bonds. The largest absolute Gasteiger partial charge is 0.317 e. The summed E-state index contributed by atoms with van der Waals surface area (Å²) in [5.41, 5.74) is 2.90. The molecule has 0 radical (unpaired) electrons. The summed E-state index contributed by atoms with van der Waals surface area (Å²) in [5, 5.41) is 5.83. The second kappa shape index (κ2) is 8.25. The molecular formula is C26H25N3O. The number of hydrogen-bond acceptors (Lipinski definition) is 3. The maximum absolute atomic E-state index is 13.3. The molecule has 30 heavy (non-hydrogen) atoms. The minimum absolute atomic E-state index is 0.0190. The fourth-order valence-electron chi connectivity index (χ4n) is 4.35. The van der Waals surface area contributed by atoms with Gasteiger partial charge in [-0.15, -0.1) is 0 Å². The molecule has 0 atom stereocenters. The average Bonchev–Trinajstić information content (AvgIpc) is 2.81. The van der Waals surface area contributed by atoms with E-state index in [1.807, 2.05) is 41.0 Å². The zero-order valence-electron chi connectivity index (χ0n) is 16.9. The van der Waals surface area contributed by atoms with Crippen molar-refractivity contribution in [3.63, 3.8) is 0 Å². The van der Waals surface area contributed by atoms with Crippen molar-refractivity contribution >= 4 is 10.8 Å². The molecule has 1 aromatic heterocycles. The van der Waals surface area contributed by atoms with Gasteiger partial charge in [0.25, 0.3) is 5.56 Å². The van der Waals surface area contributed by atoms with Crippen LogP contribution in [0.15, 0.2) is 83.7 Å². The molecule has 1 saturated heterocycles. The summed E-state index contributed by atoms with van der Waals surface area (Å²) in [6.07, 6.45) is 2.00. The highest BCUT2D eigenvalue weighted by Crippen LogP contribution is 2.26. The van der Waals surface area contributed by atoms with E-state index in [0.29, 0.717) is 12.5 Å². The third kappa shape index (κ3) is 3.79. The Hall–Kier alpha value is -3.24. The smallest absolute Gasteiger partial charge is 0.254 e. The molecule has 150 valence electrons. The zero-order chi connectivity index (χ0) is 20.3. The number of aromatic nitrogens is 2. The molecule has 0 unspecified atom stereocenters. The minimum Gasteiger partial charge on any atom is -0.317 e. The average molecular weight is 396 g/mol. The van der Waals surface area contributed by atoms with Crippen LogP contribution < -0.4 is 10.9 Å². The predicted octanol–water partition coefficient (Wildman–Crippen LogP) is 4.58. The van der Waals surface area contributed by atoms with Crippen LogP contribution in [-0.2, 0) is 6.54 Å². The standard InChI is InChI=1S/C26H25N3O/c30-25-17-24(21-7-2-1-3-8-21)28-26(22-12-14-27-15-13-22)29(25)18-19-10-11-20-6-4-5-9-23(20)16-19/h1-11,16-17,22,27H,12-15,18H2. The molecule has 2 heterocycles. The zero-order valence-corrected chi connectivity index (χ0v) is 16.9. The van der Waals surface area contributed by atoms with E-state index in [1.165, 1.54) is 10.8 Å². The van der Waals surface area contributed by atoms with Gasteiger partial charge in [-0.25, -0.2) is 4.98 Å². The van der Waals surface area contributed by atoms with Crippen molar-refractivity contribution in [2.45, 2.75) is 25.3 Å². The van der Waals surface area contributed by atoms with E-state index in [9.17, 15) is 4.79 Å². The van der Waals surface area contributed by atoms with Crippen LogP contribution in [0.1, 0.15) is 30.1 Å². The summed E-state index contributed by atoms with van der Waals surface area (Å²) in [4.78, 5) is 18.3. The molecule has 1 aliphatic rings. The number of nitrogens with zero attached hydrogens (tertiary/aromatic N) is 2. The Balaban J connectivity index is 1.59. The quantitative estimate of drug-likeness (QED) is 0.550. The van der Waals surface area contributed by atoms with Gasteiger partial charge >= 0.3 is 0 Å². The number of piperidine rings is 1. The number of hydrogen-bond donors (Lipinski definition) is 1. The summed E-state index contributed by atoms with van der Waals surface area (Å²) >= 11 is 0. The van der Waals surface area contributed by atoms with Crippen molar-refractivity contribution in [3.05, 3.63) is 101 Å². The van der Waals surface area contributed by atoms with Crippen LogP contribution in [-0.4, -0.2) is 22.6 Å². The minimum atomic E-state index is 0.0190. The van der Waals surface area contributed by atoms with Crippen molar-refractivity contribution in [2.24, 2.45) is 0 Å². The van der Waals surface area contributed by atoms with E-state index in [4.69, 9.17) is 4.98 Å². The molecule has 1 fully saturated rings. The van der Waals surface area contributed by atoms with Crippen LogP contribution in [0, 0.1) is 0 Å². The maximum Gasteiger partial charge on any atom is 0.254 e. The van der Waals surface area contributed by atoms with Gasteiger partial charge in [0.05, 0.1) is 12.2 Å². The molecule has 3 aromatic carbocycles.